The maximum atomic E-state index is 6.02. The van der Waals surface area contributed by atoms with Crippen LogP contribution in [0.3, 0.4) is 0 Å². The minimum atomic E-state index is 0.410. The zero-order valence-corrected chi connectivity index (χ0v) is 13.3. The molecule has 1 saturated heterocycles. The quantitative estimate of drug-likeness (QED) is 0.833. The summed E-state index contributed by atoms with van der Waals surface area (Å²) in [7, 11) is 0. The summed E-state index contributed by atoms with van der Waals surface area (Å²) in [4.78, 5) is 0. The Bertz CT molecular complexity index is 453. The molecule has 0 aromatic heterocycles. The monoisotopic (exact) mass is 289 g/mol. The number of hydrogen-bond acceptors (Lipinski definition) is 3. The molecule has 0 spiro atoms. The molecule has 1 aliphatic heterocycles. The van der Waals surface area contributed by atoms with Crippen LogP contribution in [0, 0.1) is 13.8 Å². The molecule has 21 heavy (non-hydrogen) atoms. The first-order valence-corrected chi connectivity index (χ1v) is 8.30. The van der Waals surface area contributed by atoms with E-state index in [2.05, 4.69) is 31.3 Å². The van der Waals surface area contributed by atoms with Crippen LogP contribution in [-0.2, 0) is 11.3 Å². The molecule has 2 fully saturated rings. The van der Waals surface area contributed by atoms with Crippen molar-refractivity contribution in [3.05, 3.63) is 28.8 Å². The Balaban J connectivity index is 1.53. The molecule has 2 aliphatic rings. The summed E-state index contributed by atoms with van der Waals surface area (Å²) in [6.45, 7) is 6.95. The van der Waals surface area contributed by atoms with E-state index in [1.54, 1.807) is 0 Å². The molecule has 116 valence electrons. The van der Waals surface area contributed by atoms with E-state index in [0.29, 0.717) is 6.10 Å². The van der Waals surface area contributed by atoms with Gasteiger partial charge in [-0.05, 0) is 56.2 Å². The first kappa shape index (κ1) is 14.9. The largest absolute Gasteiger partial charge is 0.493 e. The molecule has 0 radical (unpaired) electrons. The van der Waals surface area contributed by atoms with Gasteiger partial charge in [0.25, 0.3) is 0 Å². The fourth-order valence-electron chi connectivity index (χ4n) is 3.08. The van der Waals surface area contributed by atoms with Gasteiger partial charge in [-0.25, -0.2) is 0 Å². The van der Waals surface area contributed by atoms with E-state index >= 15 is 0 Å². The van der Waals surface area contributed by atoms with Crippen LogP contribution in [0.1, 0.15) is 48.8 Å². The maximum absolute atomic E-state index is 6.02. The Morgan fingerprint density at radius 3 is 2.57 bits per heavy atom. The van der Waals surface area contributed by atoms with Gasteiger partial charge in [0, 0.05) is 25.6 Å². The molecular formula is C18H27NO2. The zero-order valence-electron chi connectivity index (χ0n) is 13.3. The Kier molecular flexibility index (Phi) is 4.81. The average molecular weight is 289 g/mol. The lowest BCUT2D eigenvalue weighted by Crippen LogP contribution is -2.16. The van der Waals surface area contributed by atoms with Gasteiger partial charge < -0.3 is 14.8 Å². The predicted octanol–water partition coefficient (Wildman–Crippen LogP) is 3.50. The molecule has 0 amide bonds. The molecule has 3 nitrogen and oxygen atoms in total. The molecule has 1 aromatic rings. The molecule has 1 saturated carbocycles. The highest BCUT2D eigenvalue weighted by Gasteiger charge is 2.20. The van der Waals surface area contributed by atoms with Crippen LogP contribution in [0.5, 0.6) is 5.75 Å². The smallest absolute Gasteiger partial charge is 0.125 e. The molecule has 1 heterocycles. The third kappa shape index (κ3) is 4.21. The van der Waals surface area contributed by atoms with Gasteiger partial charge in [0.05, 0.1) is 12.7 Å². The van der Waals surface area contributed by atoms with Crippen molar-refractivity contribution in [2.45, 2.75) is 64.6 Å². The molecule has 1 aliphatic carbocycles. The van der Waals surface area contributed by atoms with Gasteiger partial charge >= 0.3 is 0 Å². The van der Waals surface area contributed by atoms with Crippen molar-refractivity contribution in [3.63, 3.8) is 0 Å². The fourth-order valence-corrected chi connectivity index (χ4v) is 3.08. The number of ether oxygens (including phenoxy) is 2. The standard InChI is InChI=1S/C18H27NO2/c1-13-10-15(12-19-16-5-6-16)11-14(2)18(13)21-9-7-17-4-3-8-20-17/h10-11,16-17,19H,3-9,12H2,1-2H3. The molecule has 1 aromatic carbocycles. The number of nitrogens with one attached hydrogen (secondary N) is 1. The lowest BCUT2D eigenvalue weighted by molar-refractivity contribution is 0.0901. The average Bonchev–Trinajstić information content (AvgIpc) is 3.14. The van der Waals surface area contributed by atoms with Crippen molar-refractivity contribution >= 4 is 0 Å². The fraction of sp³-hybridized carbons (Fsp3) is 0.667. The predicted molar refractivity (Wildman–Crippen MR) is 84.9 cm³/mol. The summed E-state index contributed by atoms with van der Waals surface area (Å²) in [6.07, 6.45) is 6.47. The first-order valence-electron chi connectivity index (χ1n) is 8.30. The van der Waals surface area contributed by atoms with E-state index in [-0.39, 0.29) is 0 Å². The second-order valence-electron chi connectivity index (χ2n) is 6.49. The van der Waals surface area contributed by atoms with Crippen LogP contribution in [0.25, 0.3) is 0 Å². The number of rotatable bonds is 7. The summed E-state index contributed by atoms with van der Waals surface area (Å²) >= 11 is 0. The summed E-state index contributed by atoms with van der Waals surface area (Å²) in [5.74, 6) is 1.06. The highest BCUT2D eigenvalue weighted by molar-refractivity contribution is 5.43. The first-order chi connectivity index (χ1) is 10.2. The van der Waals surface area contributed by atoms with E-state index in [9.17, 15) is 0 Å². The van der Waals surface area contributed by atoms with Gasteiger partial charge in [-0.3, -0.25) is 0 Å². The Morgan fingerprint density at radius 1 is 1.19 bits per heavy atom. The Hall–Kier alpha value is -1.06. The molecule has 1 unspecified atom stereocenters. The Labute approximate surface area is 128 Å². The molecule has 3 heteroatoms. The van der Waals surface area contributed by atoms with Crippen LogP contribution < -0.4 is 10.1 Å². The highest BCUT2D eigenvalue weighted by atomic mass is 16.5. The van der Waals surface area contributed by atoms with Gasteiger partial charge in [0.2, 0.25) is 0 Å². The van der Waals surface area contributed by atoms with E-state index < -0.39 is 0 Å². The van der Waals surface area contributed by atoms with Crippen molar-refractivity contribution in [1.82, 2.24) is 5.32 Å². The second kappa shape index (κ2) is 6.80. The van der Waals surface area contributed by atoms with Crippen LogP contribution >= 0.6 is 0 Å². The zero-order chi connectivity index (χ0) is 14.7. The Morgan fingerprint density at radius 2 is 1.95 bits per heavy atom. The van der Waals surface area contributed by atoms with Crippen molar-refractivity contribution in [1.29, 1.82) is 0 Å². The third-order valence-electron chi connectivity index (χ3n) is 4.40. The summed E-state index contributed by atoms with van der Waals surface area (Å²) in [5.41, 5.74) is 3.85. The van der Waals surface area contributed by atoms with Crippen LogP contribution in [0.15, 0.2) is 12.1 Å². The molecule has 1 N–H and O–H groups in total. The van der Waals surface area contributed by atoms with Crippen molar-refractivity contribution in [3.8, 4) is 5.75 Å². The van der Waals surface area contributed by atoms with E-state index in [1.165, 1.54) is 42.4 Å². The normalized spacial score (nSPS) is 21.7. The van der Waals surface area contributed by atoms with Crippen LogP contribution in [0.4, 0.5) is 0 Å². The van der Waals surface area contributed by atoms with Gasteiger partial charge in [-0.1, -0.05) is 12.1 Å². The SMILES string of the molecule is Cc1cc(CNC2CC2)cc(C)c1OCCC1CCCO1. The summed E-state index contributed by atoms with van der Waals surface area (Å²) in [5, 5.41) is 3.57. The van der Waals surface area contributed by atoms with Crippen molar-refractivity contribution in [2.24, 2.45) is 0 Å². The molecule has 3 rings (SSSR count). The minimum Gasteiger partial charge on any atom is -0.493 e. The van der Waals surface area contributed by atoms with Gasteiger partial charge in [-0.15, -0.1) is 0 Å². The number of benzene rings is 1. The molecule has 1 atom stereocenters. The van der Waals surface area contributed by atoms with E-state index in [1.807, 2.05) is 0 Å². The minimum absolute atomic E-state index is 0.410. The lowest BCUT2D eigenvalue weighted by Gasteiger charge is -2.16. The molecular weight excluding hydrogens is 262 g/mol. The second-order valence-corrected chi connectivity index (χ2v) is 6.49. The number of hydrogen-bond donors (Lipinski definition) is 1. The third-order valence-corrected chi connectivity index (χ3v) is 4.40. The van der Waals surface area contributed by atoms with E-state index in [0.717, 1.165) is 38.0 Å². The summed E-state index contributed by atoms with van der Waals surface area (Å²) in [6, 6.07) is 5.26. The van der Waals surface area contributed by atoms with Crippen molar-refractivity contribution in [2.75, 3.05) is 13.2 Å². The van der Waals surface area contributed by atoms with E-state index in [4.69, 9.17) is 9.47 Å². The number of aryl methyl sites for hydroxylation is 2. The van der Waals surface area contributed by atoms with Crippen LogP contribution in [-0.4, -0.2) is 25.4 Å². The highest BCUT2D eigenvalue weighted by Crippen LogP contribution is 2.26. The van der Waals surface area contributed by atoms with Crippen molar-refractivity contribution < 1.29 is 9.47 Å². The molecule has 0 bridgehead atoms. The van der Waals surface area contributed by atoms with Gasteiger partial charge in [0.15, 0.2) is 0 Å². The van der Waals surface area contributed by atoms with Gasteiger partial charge in [0.1, 0.15) is 5.75 Å². The van der Waals surface area contributed by atoms with Crippen LogP contribution in [0.2, 0.25) is 0 Å². The van der Waals surface area contributed by atoms with Gasteiger partial charge in [-0.2, -0.15) is 0 Å². The maximum Gasteiger partial charge on any atom is 0.125 e. The summed E-state index contributed by atoms with van der Waals surface area (Å²) < 4.78 is 11.7. The lowest BCUT2D eigenvalue weighted by atomic mass is 10.1. The topological polar surface area (TPSA) is 30.5 Å².